The Kier molecular flexibility index (Phi) is 9.47. The van der Waals surface area contributed by atoms with E-state index in [4.69, 9.17) is 4.74 Å². The van der Waals surface area contributed by atoms with E-state index >= 15 is 0 Å². The quantitative estimate of drug-likeness (QED) is 0.235. The molecule has 3 N–H and O–H groups in total. The Morgan fingerprint density at radius 3 is 2.34 bits per heavy atom. The molecule has 2 rings (SSSR count). The van der Waals surface area contributed by atoms with E-state index in [9.17, 15) is 22.6 Å². The SMILES string of the molecule is CC1=[N+](CCCCCC(=O)NCCCNC(=O)OC(C)(C)C)c2ccc(S(=O)(=O)O)cc2C1(C)C. The van der Waals surface area contributed by atoms with Crippen LogP contribution in [0.2, 0.25) is 0 Å². The lowest BCUT2D eigenvalue weighted by atomic mass is 9.82. The first-order valence-corrected chi connectivity index (χ1v) is 13.5. The van der Waals surface area contributed by atoms with Crippen LogP contribution in [0.3, 0.4) is 0 Å². The number of unbranched alkanes of at least 4 members (excludes halogenated alkanes) is 2. The maximum atomic E-state index is 12.1. The van der Waals surface area contributed by atoms with E-state index in [-0.39, 0.29) is 16.2 Å². The van der Waals surface area contributed by atoms with Gasteiger partial charge in [0.2, 0.25) is 11.6 Å². The van der Waals surface area contributed by atoms with Crippen molar-refractivity contribution in [3.8, 4) is 0 Å². The standard InChI is InChI=1S/C25H39N3O6S/c1-18-25(5,6)20-17-19(35(31,32)33)12-13-21(20)28(18)16-9-7-8-11-22(29)26-14-10-15-27-23(30)34-24(2,3)4/h12-13,17H,7-11,14-16H2,1-6H3,(H2-,26,27,29,30,31,32,33)/p+1. The lowest BCUT2D eigenvalue weighted by Gasteiger charge is -2.19. The molecule has 0 aliphatic carbocycles. The van der Waals surface area contributed by atoms with Crippen LogP contribution in [0.5, 0.6) is 0 Å². The van der Waals surface area contributed by atoms with Crippen molar-refractivity contribution in [1.29, 1.82) is 0 Å². The average Bonchev–Trinajstić information content (AvgIpc) is 2.91. The number of carbonyl (C=O) groups excluding carboxylic acids is 2. The first kappa shape index (κ1) is 28.8. The van der Waals surface area contributed by atoms with Gasteiger partial charge in [0.15, 0.2) is 5.71 Å². The van der Waals surface area contributed by atoms with Gasteiger partial charge in [-0.3, -0.25) is 9.35 Å². The van der Waals surface area contributed by atoms with Gasteiger partial charge in [0.25, 0.3) is 10.1 Å². The van der Waals surface area contributed by atoms with Crippen molar-refractivity contribution >= 4 is 33.5 Å². The molecule has 0 bridgehead atoms. The minimum Gasteiger partial charge on any atom is -0.444 e. The molecule has 0 radical (unpaired) electrons. The number of alkyl carbamates (subject to hydrolysis) is 1. The van der Waals surface area contributed by atoms with Gasteiger partial charge in [-0.2, -0.15) is 13.0 Å². The predicted molar refractivity (Wildman–Crippen MR) is 135 cm³/mol. The summed E-state index contributed by atoms with van der Waals surface area (Å²) in [6.07, 6.45) is 3.16. The highest BCUT2D eigenvalue weighted by molar-refractivity contribution is 7.85. The molecular formula is C25H40N3O6S+. The summed E-state index contributed by atoms with van der Waals surface area (Å²) < 4.78 is 39.9. The molecule has 0 spiro atoms. The van der Waals surface area contributed by atoms with Gasteiger partial charge in [-0.1, -0.05) is 0 Å². The van der Waals surface area contributed by atoms with E-state index in [0.717, 1.165) is 42.8 Å². The molecule has 1 aromatic carbocycles. The molecule has 0 aromatic heterocycles. The fourth-order valence-corrected chi connectivity index (χ4v) is 4.56. The maximum absolute atomic E-state index is 12.1. The normalized spacial score (nSPS) is 15.1. The van der Waals surface area contributed by atoms with Crippen molar-refractivity contribution in [3.63, 3.8) is 0 Å². The minimum absolute atomic E-state index is 0.00425. The third-order valence-electron chi connectivity index (χ3n) is 6.17. The van der Waals surface area contributed by atoms with Crippen LogP contribution in [0, 0.1) is 0 Å². The third kappa shape index (κ3) is 8.31. The van der Waals surface area contributed by atoms with Gasteiger partial charge in [-0.05, 0) is 66.0 Å². The molecule has 10 heteroatoms. The summed E-state index contributed by atoms with van der Waals surface area (Å²) in [7, 11) is -4.25. The van der Waals surface area contributed by atoms with Crippen LogP contribution in [-0.4, -0.2) is 60.5 Å². The Labute approximate surface area is 209 Å². The van der Waals surface area contributed by atoms with Crippen molar-refractivity contribution in [2.75, 3.05) is 19.6 Å². The Bertz CT molecular complexity index is 1070. The summed E-state index contributed by atoms with van der Waals surface area (Å²) in [4.78, 5) is 23.5. The number of hydrogen-bond acceptors (Lipinski definition) is 5. The fraction of sp³-hybridized carbons (Fsp3) is 0.640. The summed E-state index contributed by atoms with van der Waals surface area (Å²) in [5.74, 6) is -0.00425. The lowest BCUT2D eigenvalue weighted by molar-refractivity contribution is -0.439. The Morgan fingerprint density at radius 1 is 1.06 bits per heavy atom. The second-order valence-electron chi connectivity index (χ2n) is 10.5. The number of rotatable bonds is 11. The van der Waals surface area contributed by atoms with Crippen molar-refractivity contribution in [2.45, 2.75) is 89.6 Å². The Balaban J connectivity index is 1.71. The molecule has 196 valence electrons. The lowest BCUT2D eigenvalue weighted by Crippen LogP contribution is -2.34. The molecule has 0 unspecified atom stereocenters. The Morgan fingerprint density at radius 2 is 1.71 bits per heavy atom. The van der Waals surface area contributed by atoms with Crippen LogP contribution in [-0.2, 0) is 25.1 Å². The second-order valence-corrected chi connectivity index (χ2v) is 11.9. The van der Waals surface area contributed by atoms with Gasteiger partial charge in [-0.25, -0.2) is 4.79 Å². The number of nitrogens with zero attached hydrogens (tertiary/aromatic N) is 1. The molecule has 9 nitrogen and oxygen atoms in total. The van der Waals surface area contributed by atoms with Crippen LogP contribution in [0.25, 0.3) is 0 Å². The molecule has 1 aliphatic heterocycles. The number of carbonyl (C=O) groups is 2. The van der Waals surface area contributed by atoms with Crippen LogP contribution in [0.4, 0.5) is 10.5 Å². The van der Waals surface area contributed by atoms with Crippen LogP contribution in [0.1, 0.15) is 79.2 Å². The third-order valence-corrected chi connectivity index (χ3v) is 7.02. The summed E-state index contributed by atoms with van der Waals surface area (Å²) in [6.45, 7) is 13.2. The molecule has 0 saturated carbocycles. The topological polar surface area (TPSA) is 125 Å². The van der Waals surface area contributed by atoms with Gasteiger partial charge in [0.1, 0.15) is 12.1 Å². The van der Waals surface area contributed by atoms with E-state index in [1.807, 2.05) is 20.8 Å². The van der Waals surface area contributed by atoms with Gasteiger partial charge in [-0.15, -0.1) is 0 Å². The fourth-order valence-electron chi connectivity index (χ4n) is 4.05. The van der Waals surface area contributed by atoms with Crippen molar-refractivity contribution in [1.82, 2.24) is 10.6 Å². The number of amides is 2. The zero-order valence-electron chi connectivity index (χ0n) is 21.7. The summed E-state index contributed by atoms with van der Waals surface area (Å²) in [5, 5.41) is 5.53. The summed E-state index contributed by atoms with van der Waals surface area (Å²) >= 11 is 0. The smallest absolute Gasteiger partial charge is 0.407 e. The van der Waals surface area contributed by atoms with E-state index in [2.05, 4.69) is 15.2 Å². The van der Waals surface area contributed by atoms with Gasteiger partial charge >= 0.3 is 6.09 Å². The van der Waals surface area contributed by atoms with Crippen LogP contribution >= 0.6 is 0 Å². The molecular weight excluding hydrogens is 470 g/mol. The second kappa shape index (κ2) is 11.5. The maximum Gasteiger partial charge on any atom is 0.407 e. The summed E-state index contributed by atoms with van der Waals surface area (Å²) in [6, 6.07) is 4.74. The average molecular weight is 511 g/mol. The van der Waals surface area contributed by atoms with E-state index in [0.29, 0.717) is 25.9 Å². The molecule has 0 fully saturated rings. The molecule has 1 heterocycles. The number of fused-ring (bicyclic) bond motifs is 1. The van der Waals surface area contributed by atoms with Crippen molar-refractivity contribution < 1.29 is 31.9 Å². The zero-order chi connectivity index (χ0) is 26.4. The van der Waals surface area contributed by atoms with Crippen molar-refractivity contribution in [3.05, 3.63) is 23.8 Å². The molecule has 1 aromatic rings. The van der Waals surface area contributed by atoms with Gasteiger partial charge < -0.3 is 15.4 Å². The molecule has 2 amide bonds. The molecule has 0 atom stereocenters. The minimum atomic E-state index is -4.25. The predicted octanol–water partition coefficient (Wildman–Crippen LogP) is 3.92. The van der Waals surface area contributed by atoms with E-state index < -0.39 is 21.8 Å². The highest BCUT2D eigenvalue weighted by Crippen LogP contribution is 2.40. The first-order valence-electron chi connectivity index (χ1n) is 12.1. The highest BCUT2D eigenvalue weighted by atomic mass is 32.2. The van der Waals surface area contributed by atoms with Crippen molar-refractivity contribution in [2.24, 2.45) is 0 Å². The van der Waals surface area contributed by atoms with Gasteiger partial charge in [0, 0.05) is 44.5 Å². The monoisotopic (exact) mass is 510 g/mol. The van der Waals surface area contributed by atoms with E-state index in [1.54, 1.807) is 32.9 Å². The number of ether oxygens (including phenoxy) is 1. The number of hydrogen-bond donors (Lipinski definition) is 3. The zero-order valence-corrected chi connectivity index (χ0v) is 22.5. The number of benzene rings is 1. The Hall–Kier alpha value is -2.46. The molecule has 1 aliphatic rings. The van der Waals surface area contributed by atoms with Gasteiger partial charge in [0.05, 0.1) is 10.3 Å². The highest BCUT2D eigenvalue weighted by Gasteiger charge is 2.43. The van der Waals surface area contributed by atoms with Crippen LogP contribution in [0.15, 0.2) is 23.1 Å². The largest absolute Gasteiger partial charge is 0.444 e. The molecule has 35 heavy (non-hydrogen) atoms. The van der Waals surface area contributed by atoms with Crippen LogP contribution < -0.4 is 10.6 Å². The molecule has 0 saturated heterocycles. The number of nitrogens with one attached hydrogen (secondary N) is 2. The van der Waals surface area contributed by atoms with E-state index in [1.165, 1.54) is 6.07 Å². The summed E-state index contributed by atoms with van der Waals surface area (Å²) in [5.41, 5.74) is 2.09. The first-order chi connectivity index (χ1) is 16.1.